The molecule has 1 aromatic carbocycles. The summed E-state index contributed by atoms with van der Waals surface area (Å²) in [6.45, 7) is 6.57. The maximum Gasteiger partial charge on any atom is 0.0285 e. The van der Waals surface area contributed by atoms with Crippen LogP contribution >= 0.6 is 27.3 Å². The molecule has 1 atom stereocenters. The SMILES string of the molecule is CCCNCC(Cc1cc(Br)cs1)c1ccccc1C. The number of nitrogens with one attached hydrogen (secondary N) is 1. The van der Waals surface area contributed by atoms with Crippen molar-refractivity contribution in [1.29, 1.82) is 0 Å². The summed E-state index contributed by atoms with van der Waals surface area (Å²) in [6.07, 6.45) is 2.29. The Morgan fingerprint density at radius 3 is 2.75 bits per heavy atom. The summed E-state index contributed by atoms with van der Waals surface area (Å²) in [5, 5.41) is 5.75. The van der Waals surface area contributed by atoms with E-state index in [0.29, 0.717) is 5.92 Å². The number of thiophene rings is 1. The predicted molar refractivity (Wildman–Crippen MR) is 92.8 cm³/mol. The van der Waals surface area contributed by atoms with Crippen molar-refractivity contribution in [2.45, 2.75) is 32.6 Å². The van der Waals surface area contributed by atoms with Crippen molar-refractivity contribution in [3.05, 3.63) is 56.2 Å². The van der Waals surface area contributed by atoms with Gasteiger partial charge in [0.1, 0.15) is 0 Å². The van der Waals surface area contributed by atoms with E-state index >= 15 is 0 Å². The lowest BCUT2D eigenvalue weighted by molar-refractivity contribution is 0.577. The molecule has 0 aliphatic carbocycles. The summed E-state index contributed by atoms with van der Waals surface area (Å²) in [4.78, 5) is 1.45. The molecule has 0 radical (unpaired) electrons. The van der Waals surface area contributed by atoms with Gasteiger partial charge in [0.25, 0.3) is 0 Å². The summed E-state index contributed by atoms with van der Waals surface area (Å²) in [5.74, 6) is 0.549. The smallest absolute Gasteiger partial charge is 0.0285 e. The average Bonchev–Trinajstić information content (AvgIpc) is 2.84. The Kier molecular flexibility index (Phi) is 6.27. The largest absolute Gasteiger partial charge is 0.316 e. The molecule has 0 aliphatic heterocycles. The van der Waals surface area contributed by atoms with Crippen LogP contribution in [0.4, 0.5) is 0 Å². The number of hydrogen-bond acceptors (Lipinski definition) is 2. The molecular weight excluding hydrogens is 330 g/mol. The molecule has 0 spiro atoms. The van der Waals surface area contributed by atoms with Gasteiger partial charge in [-0.1, -0.05) is 31.2 Å². The number of rotatable bonds is 7. The second-order valence-electron chi connectivity index (χ2n) is 5.19. The van der Waals surface area contributed by atoms with Crippen LogP contribution in [0.2, 0.25) is 0 Å². The molecule has 2 aromatic rings. The molecule has 3 heteroatoms. The van der Waals surface area contributed by atoms with E-state index in [1.165, 1.54) is 26.9 Å². The highest BCUT2D eigenvalue weighted by Gasteiger charge is 2.15. The second-order valence-corrected chi connectivity index (χ2v) is 7.10. The van der Waals surface area contributed by atoms with E-state index in [1.54, 1.807) is 0 Å². The Bertz CT molecular complexity index is 535. The normalized spacial score (nSPS) is 12.6. The molecule has 0 saturated carbocycles. The highest BCUT2D eigenvalue weighted by atomic mass is 79.9. The Balaban J connectivity index is 2.13. The van der Waals surface area contributed by atoms with Gasteiger partial charge in [-0.05, 0) is 59.4 Å². The van der Waals surface area contributed by atoms with Gasteiger partial charge in [0.15, 0.2) is 0 Å². The number of aryl methyl sites for hydroxylation is 1. The first kappa shape index (κ1) is 15.7. The molecule has 108 valence electrons. The van der Waals surface area contributed by atoms with E-state index in [0.717, 1.165) is 19.5 Å². The van der Waals surface area contributed by atoms with Gasteiger partial charge in [-0.25, -0.2) is 0 Å². The van der Waals surface area contributed by atoms with Crippen LogP contribution in [0.1, 0.15) is 35.3 Å². The van der Waals surface area contributed by atoms with Gasteiger partial charge in [0.2, 0.25) is 0 Å². The van der Waals surface area contributed by atoms with Gasteiger partial charge < -0.3 is 5.32 Å². The van der Waals surface area contributed by atoms with Gasteiger partial charge in [-0.2, -0.15) is 0 Å². The monoisotopic (exact) mass is 351 g/mol. The fourth-order valence-electron chi connectivity index (χ4n) is 2.49. The quantitative estimate of drug-likeness (QED) is 0.680. The maximum absolute atomic E-state index is 3.58. The molecular formula is C17H22BrNS. The second kappa shape index (κ2) is 7.96. The van der Waals surface area contributed by atoms with Crippen LogP contribution in [0, 0.1) is 6.92 Å². The zero-order valence-electron chi connectivity index (χ0n) is 12.2. The minimum absolute atomic E-state index is 0.549. The molecule has 0 amide bonds. The van der Waals surface area contributed by atoms with Crippen LogP contribution < -0.4 is 5.32 Å². The number of benzene rings is 1. The van der Waals surface area contributed by atoms with Crippen molar-refractivity contribution in [3.63, 3.8) is 0 Å². The van der Waals surface area contributed by atoms with E-state index in [1.807, 2.05) is 11.3 Å². The van der Waals surface area contributed by atoms with Crippen LogP contribution in [-0.4, -0.2) is 13.1 Å². The Morgan fingerprint density at radius 2 is 2.10 bits per heavy atom. The minimum atomic E-state index is 0.549. The van der Waals surface area contributed by atoms with Crippen LogP contribution in [0.25, 0.3) is 0 Å². The molecule has 0 fully saturated rings. The summed E-state index contributed by atoms with van der Waals surface area (Å²) in [6, 6.07) is 11.0. The van der Waals surface area contributed by atoms with E-state index < -0.39 is 0 Å². The summed E-state index contributed by atoms with van der Waals surface area (Å²) in [5.41, 5.74) is 2.87. The lowest BCUT2D eigenvalue weighted by Crippen LogP contribution is -2.24. The molecule has 1 heterocycles. The van der Waals surface area contributed by atoms with Crippen molar-refractivity contribution >= 4 is 27.3 Å². The van der Waals surface area contributed by atoms with Crippen LogP contribution in [0.15, 0.2) is 40.2 Å². The van der Waals surface area contributed by atoms with Crippen molar-refractivity contribution < 1.29 is 0 Å². The van der Waals surface area contributed by atoms with Gasteiger partial charge in [-0.15, -0.1) is 11.3 Å². The molecule has 0 bridgehead atoms. The van der Waals surface area contributed by atoms with E-state index in [2.05, 4.69) is 70.8 Å². The van der Waals surface area contributed by atoms with E-state index in [9.17, 15) is 0 Å². The van der Waals surface area contributed by atoms with Crippen LogP contribution in [0.3, 0.4) is 0 Å². The van der Waals surface area contributed by atoms with Gasteiger partial charge in [0, 0.05) is 27.2 Å². The first-order chi connectivity index (χ1) is 9.70. The molecule has 0 aliphatic rings. The first-order valence-corrected chi connectivity index (χ1v) is 8.87. The van der Waals surface area contributed by atoms with Gasteiger partial charge in [0.05, 0.1) is 0 Å². The Hall–Kier alpha value is -0.640. The van der Waals surface area contributed by atoms with Crippen LogP contribution in [0.5, 0.6) is 0 Å². The molecule has 0 saturated heterocycles. The number of halogens is 1. The Labute approximate surface area is 134 Å². The standard InChI is InChI=1S/C17H22BrNS/c1-3-8-19-11-14(9-16-10-15(18)12-20-16)17-7-5-4-6-13(17)2/h4-7,10,12,14,19H,3,8-9,11H2,1-2H3. The highest BCUT2D eigenvalue weighted by molar-refractivity contribution is 9.10. The zero-order valence-corrected chi connectivity index (χ0v) is 14.6. The fraction of sp³-hybridized carbons (Fsp3) is 0.412. The number of hydrogen-bond donors (Lipinski definition) is 1. The van der Waals surface area contributed by atoms with Crippen molar-refractivity contribution in [3.8, 4) is 0 Å². The van der Waals surface area contributed by atoms with Gasteiger partial charge >= 0.3 is 0 Å². The lowest BCUT2D eigenvalue weighted by atomic mass is 9.91. The highest BCUT2D eigenvalue weighted by Crippen LogP contribution is 2.28. The summed E-state index contributed by atoms with van der Waals surface area (Å²) in [7, 11) is 0. The zero-order chi connectivity index (χ0) is 14.4. The average molecular weight is 352 g/mol. The third kappa shape index (κ3) is 4.44. The molecule has 2 rings (SSSR count). The Morgan fingerprint density at radius 1 is 1.30 bits per heavy atom. The minimum Gasteiger partial charge on any atom is -0.316 e. The maximum atomic E-state index is 3.58. The fourth-order valence-corrected chi connectivity index (χ4v) is 4.03. The van der Waals surface area contributed by atoms with Crippen molar-refractivity contribution in [2.75, 3.05) is 13.1 Å². The van der Waals surface area contributed by atoms with Crippen LogP contribution in [-0.2, 0) is 6.42 Å². The summed E-state index contributed by atoms with van der Waals surface area (Å²) < 4.78 is 1.20. The first-order valence-electron chi connectivity index (χ1n) is 7.20. The third-order valence-corrected chi connectivity index (χ3v) is 5.24. The topological polar surface area (TPSA) is 12.0 Å². The van der Waals surface area contributed by atoms with E-state index in [4.69, 9.17) is 0 Å². The molecule has 1 unspecified atom stereocenters. The van der Waals surface area contributed by atoms with E-state index in [-0.39, 0.29) is 0 Å². The molecule has 1 N–H and O–H groups in total. The summed E-state index contributed by atoms with van der Waals surface area (Å²) >= 11 is 5.39. The molecule has 20 heavy (non-hydrogen) atoms. The predicted octanol–water partition coefficient (Wildman–Crippen LogP) is 5.14. The van der Waals surface area contributed by atoms with Crippen molar-refractivity contribution in [1.82, 2.24) is 5.32 Å². The van der Waals surface area contributed by atoms with Crippen molar-refractivity contribution in [2.24, 2.45) is 0 Å². The molecule has 1 nitrogen and oxygen atoms in total. The third-order valence-electron chi connectivity index (χ3n) is 3.52. The van der Waals surface area contributed by atoms with Gasteiger partial charge in [-0.3, -0.25) is 0 Å². The lowest BCUT2D eigenvalue weighted by Gasteiger charge is -2.19. The molecule has 1 aromatic heterocycles.